The van der Waals surface area contributed by atoms with Crippen LogP contribution < -0.4 is 24.8 Å². The van der Waals surface area contributed by atoms with Crippen LogP contribution in [0.1, 0.15) is 11.1 Å². The summed E-state index contributed by atoms with van der Waals surface area (Å²) in [6.45, 7) is 0. The van der Waals surface area contributed by atoms with Gasteiger partial charge in [0.25, 0.3) is 0 Å². The van der Waals surface area contributed by atoms with Gasteiger partial charge in [-0.15, -0.1) is 0 Å². The molecule has 0 unspecified atom stereocenters. The van der Waals surface area contributed by atoms with Crippen molar-refractivity contribution in [3.63, 3.8) is 0 Å². The molecule has 0 saturated heterocycles. The van der Waals surface area contributed by atoms with Crippen LogP contribution >= 0.6 is 0 Å². The second kappa shape index (κ2) is 12.9. The SMILES string of the molecule is N#Cc1ccoc1.N#Cc1ccoc1.[Cl-].[Cl-].[Pt+2]. The average molecular weight is 452 g/mol. The summed E-state index contributed by atoms with van der Waals surface area (Å²) in [5.41, 5.74) is 1.14. The van der Waals surface area contributed by atoms with Crippen molar-refractivity contribution in [1.82, 2.24) is 0 Å². The molecule has 0 N–H and O–H groups in total. The Morgan fingerprint density at radius 1 is 0.824 bits per heavy atom. The largest absolute Gasteiger partial charge is 2.00 e. The second-order valence-corrected chi connectivity index (χ2v) is 2.25. The van der Waals surface area contributed by atoms with Gasteiger partial charge in [-0.3, -0.25) is 0 Å². The molecule has 0 aromatic carbocycles. The second-order valence-electron chi connectivity index (χ2n) is 2.25. The molecule has 0 aliphatic rings. The zero-order valence-corrected chi connectivity index (χ0v) is 12.0. The Kier molecular flexibility index (Phi) is 16.0. The number of halogens is 2. The van der Waals surface area contributed by atoms with E-state index < -0.39 is 0 Å². The van der Waals surface area contributed by atoms with Crippen LogP contribution in [0.5, 0.6) is 0 Å². The fourth-order valence-corrected chi connectivity index (χ4v) is 0.656. The molecule has 0 spiro atoms. The minimum Gasteiger partial charge on any atom is -1.00 e. The van der Waals surface area contributed by atoms with Crippen molar-refractivity contribution in [2.24, 2.45) is 0 Å². The number of nitriles is 2. The monoisotopic (exact) mass is 451 g/mol. The minimum absolute atomic E-state index is 0. The molecule has 0 fully saturated rings. The standard InChI is InChI=1S/2C5H3NO.2ClH.Pt/c2*6-3-5-1-2-7-4-5;;;/h2*1-2,4H;2*1H;/q;;;;+2/p-2. The maximum absolute atomic E-state index is 8.12. The first-order valence-electron chi connectivity index (χ1n) is 3.71. The summed E-state index contributed by atoms with van der Waals surface area (Å²) in [6, 6.07) is 7.05. The molecule has 92 valence electrons. The van der Waals surface area contributed by atoms with Gasteiger partial charge in [0.15, 0.2) is 0 Å². The third kappa shape index (κ3) is 8.60. The smallest absolute Gasteiger partial charge is 1.00 e. The summed E-state index contributed by atoms with van der Waals surface area (Å²) in [7, 11) is 0. The van der Waals surface area contributed by atoms with E-state index in [4.69, 9.17) is 10.5 Å². The molecular weight excluding hydrogens is 446 g/mol. The van der Waals surface area contributed by atoms with Gasteiger partial charge in [-0.2, -0.15) is 10.5 Å². The van der Waals surface area contributed by atoms with E-state index in [1.807, 2.05) is 12.1 Å². The Bertz CT molecular complexity index is 399. The van der Waals surface area contributed by atoms with Gasteiger partial charge in [0.1, 0.15) is 24.7 Å². The Morgan fingerprint density at radius 2 is 1.18 bits per heavy atom. The van der Waals surface area contributed by atoms with Gasteiger partial charge in [-0.1, -0.05) is 0 Å². The molecule has 2 rings (SSSR count). The van der Waals surface area contributed by atoms with E-state index in [1.54, 1.807) is 12.1 Å². The topological polar surface area (TPSA) is 73.9 Å². The molecule has 2 aromatic rings. The fraction of sp³-hybridized carbons (Fsp3) is 0. The number of furan rings is 2. The third-order valence-corrected chi connectivity index (χ3v) is 1.30. The molecule has 17 heavy (non-hydrogen) atoms. The van der Waals surface area contributed by atoms with Crippen molar-refractivity contribution in [1.29, 1.82) is 10.5 Å². The molecule has 0 saturated carbocycles. The van der Waals surface area contributed by atoms with Gasteiger partial charge in [0.05, 0.1) is 23.7 Å². The molecule has 0 aliphatic heterocycles. The van der Waals surface area contributed by atoms with Crippen LogP contribution in [0.2, 0.25) is 0 Å². The van der Waals surface area contributed by atoms with Crippen molar-refractivity contribution >= 4 is 0 Å². The van der Waals surface area contributed by atoms with Crippen LogP contribution in [0, 0.1) is 22.7 Å². The Labute approximate surface area is 125 Å². The van der Waals surface area contributed by atoms with E-state index in [-0.39, 0.29) is 45.9 Å². The van der Waals surface area contributed by atoms with Crippen molar-refractivity contribution in [3.8, 4) is 12.1 Å². The molecule has 7 heteroatoms. The predicted molar refractivity (Wildman–Crippen MR) is 46.8 cm³/mol. The number of hydrogen-bond donors (Lipinski definition) is 0. The summed E-state index contributed by atoms with van der Waals surface area (Å²) >= 11 is 0. The van der Waals surface area contributed by atoms with E-state index in [0.29, 0.717) is 11.1 Å². The molecule has 4 nitrogen and oxygen atoms in total. The normalized spacial score (nSPS) is 6.47. The van der Waals surface area contributed by atoms with Crippen LogP contribution in [0.3, 0.4) is 0 Å². The van der Waals surface area contributed by atoms with E-state index in [9.17, 15) is 0 Å². The van der Waals surface area contributed by atoms with Crippen molar-refractivity contribution < 1.29 is 54.7 Å². The van der Waals surface area contributed by atoms with Gasteiger partial charge in [-0.05, 0) is 12.1 Å². The zero-order chi connectivity index (χ0) is 10.2. The molecule has 0 radical (unpaired) electrons. The average Bonchev–Trinajstić information content (AvgIpc) is 2.92. The number of rotatable bonds is 0. The first kappa shape index (κ1) is 21.1. The molecule has 0 aliphatic carbocycles. The summed E-state index contributed by atoms with van der Waals surface area (Å²) < 4.78 is 9.17. The Morgan fingerprint density at radius 3 is 1.29 bits per heavy atom. The molecule has 2 aromatic heterocycles. The van der Waals surface area contributed by atoms with Gasteiger partial charge in [-0.25, -0.2) is 0 Å². The maximum Gasteiger partial charge on any atom is 2.00 e. The number of hydrogen-bond acceptors (Lipinski definition) is 4. The van der Waals surface area contributed by atoms with Crippen LogP contribution in [-0.4, -0.2) is 0 Å². The van der Waals surface area contributed by atoms with Crippen LogP contribution in [0.25, 0.3) is 0 Å². The first-order valence-corrected chi connectivity index (χ1v) is 3.71. The molecule has 0 amide bonds. The third-order valence-electron chi connectivity index (χ3n) is 1.30. The maximum atomic E-state index is 8.12. The molecule has 0 bridgehead atoms. The summed E-state index contributed by atoms with van der Waals surface area (Å²) in [5.74, 6) is 0. The summed E-state index contributed by atoms with van der Waals surface area (Å²) in [4.78, 5) is 0. The van der Waals surface area contributed by atoms with Crippen molar-refractivity contribution in [2.75, 3.05) is 0 Å². The van der Waals surface area contributed by atoms with E-state index >= 15 is 0 Å². The van der Waals surface area contributed by atoms with E-state index in [1.165, 1.54) is 25.1 Å². The Hall–Kier alpha value is -1.19. The van der Waals surface area contributed by atoms with Crippen LogP contribution in [0.4, 0.5) is 0 Å². The van der Waals surface area contributed by atoms with Crippen LogP contribution in [0.15, 0.2) is 46.0 Å². The Balaban J connectivity index is -0.000000196. The van der Waals surface area contributed by atoms with E-state index in [2.05, 4.69) is 8.83 Å². The van der Waals surface area contributed by atoms with Gasteiger partial charge >= 0.3 is 21.1 Å². The molecule has 0 atom stereocenters. The van der Waals surface area contributed by atoms with Crippen molar-refractivity contribution in [2.45, 2.75) is 0 Å². The summed E-state index contributed by atoms with van der Waals surface area (Å²) in [5, 5.41) is 16.2. The van der Waals surface area contributed by atoms with Gasteiger partial charge in [0, 0.05) is 0 Å². The quantitative estimate of drug-likeness (QED) is 0.413. The number of nitrogens with zero attached hydrogens (tertiary/aromatic N) is 2. The molecule has 2 heterocycles. The fourth-order valence-electron chi connectivity index (χ4n) is 0.656. The van der Waals surface area contributed by atoms with Gasteiger partial charge in [0.2, 0.25) is 0 Å². The predicted octanol–water partition coefficient (Wildman–Crippen LogP) is -3.69. The summed E-state index contributed by atoms with van der Waals surface area (Å²) in [6.07, 6.45) is 5.75. The first-order chi connectivity index (χ1) is 6.86. The zero-order valence-electron chi connectivity index (χ0n) is 8.25. The minimum atomic E-state index is 0. The van der Waals surface area contributed by atoms with Crippen LogP contribution in [-0.2, 0) is 21.1 Å². The van der Waals surface area contributed by atoms with E-state index in [0.717, 1.165) is 0 Å². The molecular formula is C10H6Cl2N2O2Pt. The van der Waals surface area contributed by atoms with Crippen molar-refractivity contribution in [3.05, 3.63) is 48.3 Å². The van der Waals surface area contributed by atoms with Gasteiger partial charge < -0.3 is 33.6 Å².